The van der Waals surface area contributed by atoms with Gasteiger partial charge in [0.15, 0.2) is 0 Å². The second-order valence-electron chi connectivity index (χ2n) is 7.65. The normalized spacial score (nSPS) is 19.9. The SMILES string of the molecule is [2H]c1cc(-c2c([2H])c([2H])c([2H])c([2H])c2[2H])c(-c2c3cc([2H])c([2H])c([2H])c3c(-c3c([2H])c([2H])c([2H])c4c([2H])c([2H])c([2H])c([2H])c34)c3c([2H])c([2H])c([2H])c([2H])c23)c([2H])c1[2H]. The molecular weight excluding hydrogens is 432 g/mol. The molecule has 0 amide bonds. The number of benzene rings is 7. The molecule has 0 atom stereocenters. The Morgan fingerprint density at radius 2 is 0.861 bits per heavy atom. The van der Waals surface area contributed by atoms with Crippen LogP contribution in [0.3, 0.4) is 0 Å². The zero-order valence-electron chi connectivity index (χ0n) is 40.2. The summed E-state index contributed by atoms with van der Waals surface area (Å²) in [5.74, 6) is 0. The topological polar surface area (TPSA) is 0 Å². The van der Waals surface area contributed by atoms with E-state index in [2.05, 4.69) is 0 Å². The van der Waals surface area contributed by atoms with E-state index in [0.717, 1.165) is 12.1 Å². The number of fused-ring (bicyclic) bond motifs is 3. The molecule has 0 saturated heterocycles. The first kappa shape index (κ1) is 8.18. The van der Waals surface area contributed by atoms with E-state index < -0.39 is 193 Å². The fraction of sp³-hybridized carbons (Fsp3) is 0. The average molecular weight is 479 g/mol. The molecular formula is C36H24. The summed E-state index contributed by atoms with van der Waals surface area (Å²) < 4.78 is 193. The first-order chi connectivity index (χ1) is 27.0. The van der Waals surface area contributed by atoms with E-state index >= 15 is 0 Å². The molecule has 0 aliphatic heterocycles. The summed E-state index contributed by atoms with van der Waals surface area (Å²) in [6.45, 7) is 0. The molecule has 0 spiro atoms. The van der Waals surface area contributed by atoms with Gasteiger partial charge in [-0.15, -0.1) is 0 Å². The molecule has 0 heterocycles. The van der Waals surface area contributed by atoms with Crippen molar-refractivity contribution >= 4 is 32.3 Å². The predicted octanol–water partition coefficient (Wildman–Crippen LogP) is 10.1. The van der Waals surface area contributed by atoms with Crippen molar-refractivity contribution in [3.05, 3.63) is 145 Å². The lowest BCUT2D eigenvalue weighted by Crippen LogP contribution is -1.93. The van der Waals surface area contributed by atoms with Gasteiger partial charge in [-0.2, -0.15) is 0 Å². The molecule has 0 radical (unpaired) electrons. The van der Waals surface area contributed by atoms with Crippen LogP contribution in [-0.4, -0.2) is 0 Å². The Hall–Kier alpha value is -4.68. The van der Waals surface area contributed by atoms with Gasteiger partial charge >= 0.3 is 0 Å². The number of hydrogen-bond acceptors (Lipinski definition) is 0. The average Bonchev–Trinajstić information content (AvgIpc) is 3.19. The van der Waals surface area contributed by atoms with Gasteiger partial charge in [-0.1, -0.05) is 145 Å². The molecule has 36 heavy (non-hydrogen) atoms. The van der Waals surface area contributed by atoms with Crippen molar-refractivity contribution in [2.75, 3.05) is 0 Å². The highest BCUT2D eigenvalue weighted by Gasteiger charge is 2.19. The number of hydrogen-bond donors (Lipinski definition) is 0. The molecule has 0 bridgehead atoms. The van der Waals surface area contributed by atoms with Crippen molar-refractivity contribution in [2.45, 2.75) is 0 Å². The molecule has 0 heteroatoms. The summed E-state index contributed by atoms with van der Waals surface area (Å²) >= 11 is 0. The summed E-state index contributed by atoms with van der Waals surface area (Å²) in [6, 6.07) is -15.8. The standard InChI is InChI=1S/C36H24/c1-2-13-25(14-3-1)27-18-6-7-19-29(27)35-31-20-8-10-22-33(31)36(34-23-11-9-21-32(34)35)30-24-12-16-26-15-4-5-17-28(26)30/h1-24H/i1D,2D,3D,4D,5D,6D,7D,8D,9D,10D,11D,12D,13D,14D,15D,16D,17D,19D,20D,22D,23D,24D. The minimum Gasteiger partial charge on any atom is -0.0622 e. The van der Waals surface area contributed by atoms with Crippen LogP contribution in [0.5, 0.6) is 0 Å². The van der Waals surface area contributed by atoms with Gasteiger partial charge in [0.05, 0.1) is 30.2 Å². The van der Waals surface area contributed by atoms with Crippen LogP contribution in [-0.2, 0) is 0 Å². The van der Waals surface area contributed by atoms with E-state index in [0.29, 0.717) is 0 Å². The molecule has 7 aromatic carbocycles. The Morgan fingerprint density at radius 3 is 1.67 bits per heavy atom. The summed E-state index contributed by atoms with van der Waals surface area (Å²) in [4.78, 5) is 0. The quantitative estimate of drug-likeness (QED) is 0.222. The second-order valence-corrected chi connectivity index (χ2v) is 7.65. The zero-order valence-corrected chi connectivity index (χ0v) is 18.2. The Kier molecular flexibility index (Phi) is 1.94. The summed E-state index contributed by atoms with van der Waals surface area (Å²) in [5.41, 5.74) is -3.09. The maximum atomic E-state index is 9.29. The Bertz CT molecular complexity index is 3040. The van der Waals surface area contributed by atoms with Crippen LogP contribution in [0.2, 0.25) is 0 Å². The van der Waals surface area contributed by atoms with E-state index in [1.54, 1.807) is 0 Å². The third kappa shape index (κ3) is 3.23. The summed E-state index contributed by atoms with van der Waals surface area (Å²) in [7, 11) is 0. The van der Waals surface area contributed by atoms with Gasteiger partial charge in [0.1, 0.15) is 0 Å². The summed E-state index contributed by atoms with van der Waals surface area (Å²) in [5, 5.41) is -3.04. The van der Waals surface area contributed by atoms with Crippen LogP contribution in [0, 0.1) is 0 Å². The molecule has 0 aromatic heterocycles. The third-order valence-electron chi connectivity index (χ3n) is 5.78. The van der Waals surface area contributed by atoms with Gasteiger partial charge in [0.25, 0.3) is 0 Å². The predicted molar refractivity (Wildman–Crippen MR) is 155 cm³/mol. The van der Waals surface area contributed by atoms with Crippen LogP contribution in [0.1, 0.15) is 30.2 Å². The highest BCUT2D eigenvalue weighted by Crippen LogP contribution is 2.46. The first-order valence-electron chi connectivity index (χ1n) is 21.7. The Labute approximate surface area is 242 Å². The maximum Gasteiger partial charge on any atom is 0.0629 e. The third-order valence-corrected chi connectivity index (χ3v) is 5.78. The van der Waals surface area contributed by atoms with E-state index in [4.69, 9.17) is 23.3 Å². The van der Waals surface area contributed by atoms with Gasteiger partial charge in [-0.05, 0) is 65.7 Å². The van der Waals surface area contributed by atoms with Crippen LogP contribution >= 0.6 is 0 Å². The highest BCUT2D eigenvalue weighted by atomic mass is 14.2. The van der Waals surface area contributed by atoms with Crippen molar-refractivity contribution < 1.29 is 30.2 Å². The molecule has 0 unspecified atom stereocenters. The molecule has 0 nitrogen and oxygen atoms in total. The fourth-order valence-electron chi connectivity index (χ4n) is 4.32. The smallest absolute Gasteiger partial charge is 0.0622 e. The monoisotopic (exact) mass is 478 g/mol. The minimum absolute atomic E-state index is 0.368. The Morgan fingerprint density at radius 1 is 0.333 bits per heavy atom. The van der Waals surface area contributed by atoms with Gasteiger partial charge in [0.2, 0.25) is 0 Å². The minimum atomic E-state index is -0.889. The van der Waals surface area contributed by atoms with Gasteiger partial charge < -0.3 is 0 Å². The molecule has 7 aromatic rings. The number of rotatable bonds is 3. The van der Waals surface area contributed by atoms with E-state index in [1.165, 1.54) is 0 Å². The van der Waals surface area contributed by atoms with E-state index in [-0.39, 0.29) is 5.39 Å². The highest BCUT2D eigenvalue weighted by molar-refractivity contribution is 6.24. The van der Waals surface area contributed by atoms with E-state index in [1.807, 2.05) is 0 Å². The molecule has 0 saturated carbocycles. The van der Waals surface area contributed by atoms with Crippen molar-refractivity contribution in [1.82, 2.24) is 0 Å². The molecule has 168 valence electrons. The summed E-state index contributed by atoms with van der Waals surface area (Å²) in [6.07, 6.45) is 0. The largest absolute Gasteiger partial charge is 0.0629 e. The lowest BCUT2D eigenvalue weighted by atomic mass is 9.83. The molecule has 0 aliphatic carbocycles. The van der Waals surface area contributed by atoms with E-state index in [9.17, 15) is 6.85 Å². The van der Waals surface area contributed by atoms with Crippen LogP contribution < -0.4 is 0 Å². The molecule has 7 rings (SSSR count). The van der Waals surface area contributed by atoms with Crippen molar-refractivity contribution in [2.24, 2.45) is 0 Å². The van der Waals surface area contributed by atoms with Crippen LogP contribution in [0.25, 0.3) is 65.7 Å². The molecule has 0 aliphatic rings. The lowest BCUT2D eigenvalue weighted by molar-refractivity contribution is 1.61. The van der Waals surface area contributed by atoms with Crippen molar-refractivity contribution in [3.8, 4) is 33.4 Å². The molecule has 0 N–H and O–H groups in total. The maximum absolute atomic E-state index is 9.29. The lowest BCUT2D eigenvalue weighted by Gasteiger charge is -2.20. The van der Waals surface area contributed by atoms with Gasteiger partial charge in [-0.3, -0.25) is 0 Å². The van der Waals surface area contributed by atoms with Gasteiger partial charge in [-0.25, -0.2) is 0 Å². The second kappa shape index (κ2) is 8.52. The van der Waals surface area contributed by atoms with Gasteiger partial charge in [0, 0.05) is 0 Å². The first-order valence-corrected chi connectivity index (χ1v) is 10.7. The Balaban J connectivity index is 1.93. The fourth-order valence-corrected chi connectivity index (χ4v) is 4.32. The van der Waals surface area contributed by atoms with Crippen LogP contribution in [0.15, 0.2) is 145 Å². The van der Waals surface area contributed by atoms with Crippen molar-refractivity contribution in [3.63, 3.8) is 0 Å². The van der Waals surface area contributed by atoms with Crippen molar-refractivity contribution in [1.29, 1.82) is 0 Å². The van der Waals surface area contributed by atoms with Crippen LogP contribution in [0.4, 0.5) is 0 Å². The zero-order chi connectivity index (χ0) is 43.0. The molecule has 0 fully saturated rings.